The van der Waals surface area contributed by atoms with Crippen molar-refractivity contribution >= 4 is 0 Å². The molecule has 0 saturated carbocycles. The van der Waals surface area contributed by atoms with Crippen LogP contribution in [0.5, 0.6) is 0 Å². The molecule has 124 valence electrons. The van der Waals surface area contributed by atoms with Gasteiger partial charge in [0.05, 0.1) is 29.0 Å². The highest BCUT2D eigenvalue weighted by Crippen LogP contribution is 2.43. The average Bonchev–Trinajstić information content (AvgIpc) is 2.45. The Balaban J connectivity index is 2.76. The minimum absolute atomic E-state index is 0.0963. The van der Waals surface area contributed by atoms with Gasteiger partial charge in [-0.2, -0.15) is 13.2 Å². The lowest BCUT2D eigenvalue weighted by Crippen LogP contribution is -2.29. The molecule has 0 aromatic heterocycles. The van der Waals surface area contributed by atoms with Crippen LogP contribution in [0.25, 0.3) is 0 Å². The first kappa shape index (κ1) is 16.9. The van der Waals surface area contributed by atoms with Crippen LogP contribution in [0.2, 0.25) is 0 Å². The van der Waals surface area contributed by atoms with E-state index in [0.29, 0.717) is 5.70 Å². The van der Waals surface area contributed by atoms with E-state index in [9.17, 15) is 23.3 Å². The lowest BCUT2D eigenvalue weighted by molar-refractivity contribution is -0.431. The minimum atomic E-state index is -4.62. The first-order chi connectivity index (χ1) is 10.7. The Kier molecular flexibility index (Phi) is 4.35. The number of alkyl halides is 3. The zero-order valence-corrected chi connectivity index (χ0v) is 12.7. The van der Waals surface area contributed by atoms with Crippen LogP contribution in [-0.4, -0.2) is 12.0 Å². The third kappa shape index (κ3) is 3.01. The summed E-state index contributed by atoms with van der Waals surface area (Å²) in [4.78, 5) is 10.8. The van der Waals surface area contributed by atoms with Gasteiger partial charge in [0.1, 0.15) is 11.7 Å². The summed E-state index contributed by atoms with van der Waals surface area (Å²) in [5, 5.41) is 14.2. The summed E-state index contributed by atoms with van der Waals surface area (Å²) in [7, 11) is 1.28. The van der Waals surface area contributed by atoms with Gasteiger partial charge in [-0.1, -0.05) is 18.2 Å². The van der Waals surface area contributed by atoms with E-state index in [1.54, 1.807) is 6.92 Å². The van der Waals surface area contributed by atoms with Gasteiger partial charge < -0.3 is 10.1 Å². The van der Waals surface area contributed by atoms with Crippen molar-refractivity contribution in [2.24, 2.45) is 0 Å². The van der Waals surface area contributed by atoms with Crippen molar-refractivity contribution in [2.45, 2.75) is 25.9 Å². The van der Waals surface area contributed by atoms with Crippen LogP contribution in [0, 0.1) is 10.1 Å². The quantitative estimate of drug-likeness (QED) is 0.677. The van der Waals surface area contributed by atoms with E-state index in [1.807, 2.05) is 0 Å². The third-order valence-electron chi connectivity index (χ3n) is 3.66. The van der Waals surface area contributed by atoms with Gasteiger partial charge in [0, 0.05) is 0 Å². The van der Waals surface area contributed by atoms with Crippen LogP contribution < -0.4 is 5.32 Å². The van der Waals surface area contributed by atoms with Gasteiger partial charge in [-0.15, -0.1) is 0 Å². The van der Waals surface area contributed by atoms with E-state index >= 15 is 0 Å². The lowest BCUT2D eigenvalue weighted by atomic mass is 9.86. The van der Waals surface area contributed by atoms with Crippen LogP contribution >= 0.6 is 0 Å². The highest BCUT2D eigenvalue weighted by Gasteiger charge is 2.43. The Morgan fingerprint density at radius 1 is 1.22 bits per heavy atom. The number of halogens is 3. The minimum Gasteiger partial charge on any atom is -0.498 e. The Bertz CT molecular complexity index is 708. The first-order valence-electron chi connectivity index (χ1n) is 6.71. The molecule has 23 heavy (non-hydrogen) atoms. The topological polar surface area (TPSA) is 64.4 Å². The van der Waals surface area contributed by atoms with Gasteiger partial charge >= 0.3 is 6.18 Å². The number of dihydropyridines is 1. The number of benzene rings is 1. The maximum atomic E-state index is 13.3. The summed E-state index contributed by atoms with van der Waals surface area (Å²) in [5.74, 6) is -1.13. The SMILES string of the molecule is COC1=C(C)NC(C)=C([N+](=O)[O-])C1c1ccccc1C(F)(F)F. The molecule has 1 N–H and O–H groups in total. The number of methoxy groups -OCH3 is 1. The van der Waals surface area contributed by atoms with Gasteiger partial charge in [0.15, 0.2) is 0 Å². The largest absolute Gasteiger partial charge is 0.498 e. The molecule has 0 fully saturated rings. The molecule has 0 amide bonds. The molecule has 0 bridgehead atoms. The molecule has 8 heteroatoms. The van der Waals surface area contributed by atoms with E-state index < -0.39 is 22.6 Å². The highest BCUT2D eigenvalue weighted by molar-refractivity contribution is 5.45. The normalized spacial score (nSPS) is 18.8. The van der Waals surface area contributed by atoms with Crippen molar-refractivity contribution < 1.29 is 22.8 Å². The molecule has 5 nitrogen and oxygen atoms in total. The highest BCUT2D eigenvalue weighted by atomic mass is 19.4. The fourth-order valence-electron chi connectivity index (χ4n) is 2.77. The van der Waals surface area contributed by atoms with Crippen LogP contribution in [0.3, 0.4) is 0 Å². The first-order valence-corrected chi connectivity index (χ1v) is 6.71. The maximum absolute atomic E-state index is 13.3. The molecule has 1 aliphatic heterocycles. The van der Waals surface area contributed by atoms with E-state index in [0.717, 1.165) is 6.07 Å². The molecule has 1 unspecified atom stereocenters. The third-order valence-corrected chi connectivity index (χ3v) is 3.66. The van der Waals surface area contributed by atoms with Gasteiger partial charge in [0.25, 0.3) is 5.70 Å². The fourth-order valence-corrected chi connectivity index (χ4v) is 2.77. The number of nitro groups is 1. The van der Waals surface area contributed by atoms with Crippen molar-refractivity contribution in [1.29, 1.82) is 0 Å². The molecule has 1 aromatic rings. The van der Waals surface area contributed by atoms with Crippen molar-refractivity contribution in [1.82, 2.24) is 5.32 Å². The van der Waals surface area contributed by atoms with Crippen molar-refractivity contribution in [3.63, 3.8) is 0 Å². The number of allylic oxidation sites excluding steroid dienone is 2. The van der Waals surface area contributed by atoms with Gasteiger partial charge in [-0.3, -0.25) is 10.1 Å². The zero-order valence-electron chi connectivity index (χ0n) is 12.7. The Hall–Kier alpha value is -2.51. The number of ether oxygens (including phenoxy) is 1. The number of hydrogen-bond donors (Lipinski definition) is 1. The smallest absolute Gasteiger partial charge is 0.416 e. The Morgan fingerprint density at radius 3 is 2.35 bits per heavy atom. The average molecular weight is 328 g/mol. The predicted molar refractivity (Wildman–Crippen MR) is 76.7 cm³/mol. The summed E-state index contributed by atoms with van der Waals surface area (Å²) < 4.78 is 45.1. The van der Waals surface area contributed by atoms with Crippen molar-refractivity contribution in [3.05, 3.63) is 68.4 Å². The Labute approximate surface area is 130 Å². The second-order valence-corrected chi connectivity index (χ2v) is 5.10. The van der Waals surface area contributed by atoms with E-state index in [-0.39, 0.29) is 22.7 Å². The maximum Gasteiger partial charge on any atom is 0.416 e. The molecule has 2 rings (SSSR count). The molecule has 0 spiro atoms. The van der Waals surface area contributed by atoms with Crippen molar-refractivity contribution in [2.75, 3.05) is 7.11 Å². The summed E-state index contributed by atoms with van der Waals surface area (Å²) in [6, 6.07) is 4.82. The molecule has 0 aliphatic carbocycles. The standard InChI is InChI=1S/C15H15F3N2O3/c1-8-13(20(21)22)12(14(23-3)9(2)19-8)10-6-4-5-7-11(10)15(16,17)18/h4-7,12,19H,1-3H3. The van der Waals surface area contributed by atoms with E-state index in [2.05, 4.69) is 5.32 Å². The van der Waals surface area contributed by atoms with Crippen LogP contribution in [0.4, 0.5) is 13.2 Å². The molecule has 1 aliphatic rings. The molecule has 0 saturated heterocycles. The fraction of sp³-hybridized carbons (Fsp3) is 0.333. The molecular weight excluding hydrogens is 313 g/mol. The van der Waals surface area contributed by atoms with Crippen LogP contribution in [0.1, 0.15) is 30.9 Å². The number of hydrogen-bond acceptors (Lipinski definition) is 4. The lowest BCUT2D eigenvalue weighted by Gasteiger charge is -2.28. The van der Waals surface area contributed by atoms with Gasteiger partial charge in [-0.05, 0) is 25.5 Å². The van der Waals surface area contributed by atoms with E-state index in [4.69, 9.17) is 4.74 Å². The predicted octanol–water partition coefficient (Wildman–Crippen LogP) is 3.78. The summed E-state index contributed by atoms with van der Waals surface area (Å²) in [6.07, 6.45) is -4.62. The summed E-state index contributed by atoms with van der Waals surface area (Å²) in [6.45, 7) is 3.06. The van der Waals surface area contributed by atoms with Gasteiger partial charge in [-0.25, -0.2) is 0 Å². The summed E-state index contributed by atoms with van der Waals surface area (Å²) >= 11 is 0. The molecule has 1 aromatic carbocycles. The number of rotatable bonds is 3. The Morgan fingerprint density at radius 2 is 1.83 bits per heavy atom. The van der Waals surface area contributed by atoms with Crippen LogP contribution in [-0.2, 0) is 10.9 Å². The molecule has 1 atom stereocenters. The zero-order chi connectivity index (χ0) is 17.4. The second-order valence-electron chi connectivity index (χ2n) is 5.10. The van der Waals surface area contributed by atoms with Crippen molar-refractivity contribution in [3.8, 4) is 0 Å². The molecule has 0 radical (unpaired) electrons. The molecule has 1 heterocycles. The van der Waals surface area contributed by atoms with Gasteiger partial charge in [0.2, 0.25) is 0 Å². The summed E-state index contributed by atoms with van der Waals surface area (Å²) in [5.41, 5.74) is -0.845. The molecular formula is C15H15F3N2O3. The number of nitrogens with one attached hydrogen (secondary N) is 1. The van der Waals surface area contributed by atoms with E-state index in [1.165, 1.54) is 32.2 Å². The second kappa shape index (κ2) is 5.94. The van der Waals surface area contributed by atoms with Crippen LogP contribution in [0.15, 0.2) is 47.1 Å². The monoisotopic (exact) mass is 328 g/mol. The number of nitrogens with zero attached hydrogens (tertiary/aromatic N) is 1.